The van der Waals surface area contributed by atoms with E-state index < -0.39 is 9.85 Å². The van der Waals surface area contributed by atoms with Gasteiger partial charge in [-0.15, -0.1) is 0 Å². The van der Waals surface area contributed by atoms with E-state index in [1.165, 1.54) is 23.9 Å². The Morgan fingerprint density at radius 2 is 1.62 bits per heavy atom. The van der Waals surface area contributed by atoms with Crippen LogP contribution in [0.1, 0.15) is 12.5 Å². The number of hydrogen-bond donors (Lipinski definition) is 1. The lowest BCUT2D eigenvalue weighted by Crippen LogP contribution is -1.99. The van der Waals surface area contributed by atoms with E-state index in [1.807, 2.05) is 37.3 Å². The Balaban J connectivity index is 1.73. The first-order valence-corrected chi connectivity index (χ1v) is 9.32. The molecule has 0 aliphatic heterocycles. The van der Waals surface area contributed by atoms with Crippen molar-refractivity contribution < 1.29 is 9.85 Å². The molecule has 3 aromatic carbocycles. The highest BCUT2D eigenvalue weighted by molar-refractivity contribution is 7.99. The van der Waals surface area contributed by atoms with Crippen molar-refractivity contribution in [1.82, 2.24) is 0 Å². The minimum Gasteiger partial charge on any atom is -0.278 e. The van der Waals surface area contributed by atoms with Crippen LogP contribution in [0.5, 0.6) is 0 Å². The highest BCUT2D eigenvalue weighted by atomic mass is 32.2. The van der Waals surface area contributed by atoms with E-state index in [2.05, 4.69) is 10.5 Å². The fraction of sp³-hybridized carbons (Fsp3) is 0.0500. The Bertz CT molecular complexity index is 1070. The Morgan fingerprint density at radius 3 is 2.24 bits per heavy atom. The summed E-state index contributed by atoms with van der Waals surface area (Å²) in [7, 11) is 0. The van der Waals surface area contributed by atoms with Gasteiger partial charge in [0.05, 0.1) is 32.2 Å². The molecule has 0 unspecified atom stereocenters. The lowest BCUT2D eigenvalue weighted by atomic mass is 10.1. The summed E-state index contributed by atoms with van der Waals surface area (Å²) in [4.78, 5) is 21.9. The molecule has 0 amide bonds. The largest absolute Gasteiger partial charge is 0.290 e. The second-order valence-corrected chi connectivity index (χ2v) is 7.08. The number of rotatable bonds is 7. The summed E-state index contributed by atoms with van der Waals surface area (Å²) in [5.41, 5.74) is 4.99. The zero-order chi connectivity index (χ0) is 20.8. The molecule has 0 aromatic heterocycles. The van der Waals surface area contributed by atoms with Crippen LogP contribution in [0.4, 0.5) is 17.1 Å². The third kappa shape index (κ3) is 5.17. The van der Waals surface area contributed by atoms with Crippen molar-refractivity contribution in [1.29, 1.82) is 0 Å². The summed E-state index contributed by atoms with van der Waals surface area (Å²) in [6.45, 7) is 1.90. The third-order valence-corrected chi connectivity index (χ3v) is 5.05. The summed E-state index contributed by atoms with van der Waals surface area (Å²) >= 11 is 1.17. The molecule has 0 saturated carbocycles. The van der Waals surface area contributed by atoms with Gasteiger partial charge in [0.15, 0.2) is 0 Å². The fourth-order valence-corrected chi connectivity index (χ4v) is 3.37. The van der Waals surface area contributed by atoms with E-state index in [9.17, 15) is 20.2 Å². The van der Waals surface area contributed by atoms with Gasteiger partial charge in [-0.3, -0.25) is 25.7 Å². The molecule has 0 bridgehead atoms. The van der Waals surface area contributed by atoms with Crippen LogP contribution >= 0.6 is 11.8 Å². The van der Waals surface area contributed by atoms with E-state index in [4.69, 9.17) is 0 Å². The maximum absolute atomic E-state index is 11.3. The molecule has 146 valence electrons. The molecule has 0 radical (unpaired) electrons. The van der Waals surface area contributed by atoms with Crippen LogP contribution in [0.25, 0.3) is 0 Å². The molecule has 8 nitrogen and oxygen atoms in total. The predicted molar refractivity (Wildman–Crippen MR) is 113 cm³/mol. The number of anilines is 1. The monoisotopic (exact) mass is 408 g/mol. The van der Waals surface area contributed by atoms with Crippen molar-refractivity contribution in [2.45, 2.75) is 16.7 Å². The van der Waals surface area contributed by atoms with E-state index in [-0.39, 0.29) is 11.4 Å². The zero-order valence-electron chi connectivity index (χ0n) is 15.3. The van der Waals surface area contributed by atoms with Crippen LogP contribution in [0.3, 0.4) is 0 Å². The topological polar surface area (TPSA) is 111 Å². The standard InChI is InChI=1S/C20H16N4O4S/c1-14(15-5-3-2-4-6-15)21-22-16-7-10-18(11-8-16)29-20-12-9-17(23(25)26)13-19(20)24(27)28/h2-13,22H,1H3/b21-14-. The molecule has 0 aliphatic rings. The van der Waals surface area contributed by atoms with Crippen molar-refractivity contribution >= 4 is 34.5 Å². The Hall–Kier alpha value is -3.72. The molecule has 3 aromatic rings. The Morgan fingerprint density at radius 1 is 0.931 bits per heavy atom. The Kier molecular flexibility index (Phi) is 6.20. The molecule has 0 saturated heterocycles. The molecule has 0 fully saturated rings. The van der Waals surface area contributed by atoms with Gasteiger partial charge in [0, 0.05) is 11.0 Å². The molecule has 29 heavy (non-hydrogen) atoms. The van der Waals surface area contributed by atoms with Crippen molar-refractivity contribution in [2.24, 2.45) is 5.10 Å². The summed E-state index contributed by atoms with van der Waals surface area (Å²) in [5.74, 6) is 0. The van der Waals surface area contributed by atoms with Gasteiger partial charge in [-0.05, 0) is 42.8 Å². The highest BCUT2D eigenvalue weighted by Gasteiger charge is 2.20. The van der Waals surface area contributed by atoms with Crippen LogP contribution in [0.2, 0.25) is 0 Å². The lowest BCUT2D eigenvalue weighted by molar-refractivity contribution is -0.396. The average Bonchev–Trinajstić information content (AvgIpc) is 2.73. The van der Waals surface area contributed by atoms with Gasteiger partial charge in [0.1, 0.15) is 0 Å². The van der Waals surface area contributed by atoms with Gasteiger partial charge in [-0.2, -0.15) is 5.10 Å². The third-order valence-electron chi connectivity index (χ3n) is 3.98. The van der Waals surface area contributed by atoms with Crippen LogP contribution in [-0.2, 0) is 0 Å². The zero-order valence-corrected chi connectivity index (χ0v) is 16.1. The van der Waals surface area contributed by atoms with E-state index in [1.54, 1.807) is 24.3 Å². The van der Waals surface area contributed by atoms with Gasteiger partial charge in [0.25, 0.3) is 11.4 Å². The maximum Gasteiger partial charge on any atom is 0.290 e. The second-order valence-electron chi connectivity index (χ2n) is 5.97. The predicted octanol–water partition coefficient (Wildman–Crippen LogP) is 5.49. The molecule has 0 atom stereocenters. The van der Waals surface area contributed by atoms with E-state index in [0.29, 0.717) is 4.90 Å². The number of nitrogens with one attached hydrogen (secondary N) is 1. The number of nitro benzene ring substituents is 2. The smallest absolute Gasteiger partial charge is 0.278 e. The first-order valence-electron chi connectivity index (χ1n) is 8.50. The minimum atomic E-state index is -0.653. The first-order chi connectivity index (χ1) is 13.9. The molecule has 0 spiro atoms. The lowest BCUT2D eigenvalue weighted by Gasteiger charge is -2.06. The van der Waals surface area contributed by atoms with Crippen molar-refractivity contribution in [3.8, 4) is 0 Å². The van der Waals surface area contributed by atoms with Crippen LogP contribution in [-0.4, -0.2) is 15.6 Å². The first kappa shape index (κ1) is 20.0. The van der Waals surface area contributed by atoms with Gasteiger partial charge in [0.2, 0.25) is 0 Å². The summed E-state index contributed by atoms with van der Waals surface area (Å²) in [5, 5.41) is 26.4. The second kappa shape index (κ2) is 8.98. The summed E-state index contributed by atoms with van der Waals surface area (Å²) < 4.78 is 0. The minimum absolute atomic E-state index is 0.297. The van der Waals surface area contributed by atoms with E-state index >= 15 is 0 Å². The SMILES string of the molecule is C/C(=N/Nc1ccc(Sc2ccc([N+](=O)[O-])cc2[N+](=O)[O-])cc1)c1ccccc1. The molecule has 0 heterocycles. The average molecular weight is 408 g/mol. The van der Waals surface area contributed by atoms with E-state index in [0.717, 1.165) is 27.9 Å². The number of nitrogens with zero attached hydrogens (tertiary/aromatic N) is 3. The number of nitro groups is 2. The van der Waals surface area contributed by atoms with Gasteiger partial charge < -0.3 is 0 Å². The molecule has 1 N–H and O–H groups in total. The van der Waals surface area contributed by atoms with Crippen LogP contribution < -0.4 is 5.43 Å². The summed E-state index contributed by atoms with van der Waals surface area (Å²) in [6.07, 6.45) is 0. The van der Waals surface area contributed by atoms with Crippen LogP contribution in [0.15, 0.2) is 87.7 Å². The fourth-order valence-electron chi connectivity index (χ4n) is 2.47. The quantitative estimate of drug-likeness (QED) is 0.314. The molecule has 9 heteroatoms. The van der Waals surface area contributed by atoms with Crippen molar-refractivity contribution in [2.75, 3.05) is 5.43 Å². The highest BCUT2D eigenvalue weighted by Crippen LogP contribution is 2.37. The van der Waals surface area contributed by atoms with Crippen LogP contribution in [0, 0.1) is 20.2 Å². The number of hydrogen-bond acceptors (Lipinski definition) is 7. The van der Waals surface area contributed by atoms with Gasteiger partial charge in [-0.1, -0.05) is 42.1 Å². The van der Waals surface area contributed by atoms with Gasteiger partial charge >= 0.3 is 0 Å². The maximum atomic E-state index is 11.3. The Labute approximate surface area is 170 Å². The molecular formula is C20H16N4O4S. The van der Waals surface area contributed by atoms with Crippen molar-refractivity contribution in [3.63, 3.8) is 0 Å². The molecule has 3 rings (SSSR count). The molecule has 0 aliphatic carbocycles. The van der Waals surface area contributed by atoms with Gasteiger partial charge in [-0.25, -0.2) is 0 Å². The normalized spacial score (nSPS) is 11.1. The molecular weight excluding hydrogens is 392 g/mol. The summed E-state index contributed by atoms with van der Waals surface area (Å²) in [6, 6.07) is 20.6. The number of hydrazone groups is 1. The number of benzene rings is 3. The number of non-ortho nitro benzene ring substituents is 1. The van der Waals surface area contributed by atoms with Crippen molar-refractivity contribution in [3.05, 3.63) is 98.6 Å².